The van der Waals surface area contributed by atoms with Crippen molar-refractivity contribution in [3.05, 3.63) is 30.7 Å². The molecular formula is C8H7N2O4P. The topological polar surface area (TPSA) is 92.5 Å². The predicted molar refractivity (Wildman–Crippen MR) is 52.2 cm³/mol. The van der Waals surface area contributed by atoms with Crippen LogP contribution in [0.3, 0.4) is 0 Å². The summed E-state index contributed by atoms with van der Waals surface area (Å²) in [6.45, 7) is 0. The first kappa shape index (κ1) is 10.0. The van der Waals surface area contributed by atoms with Crippen LogP contribution in [0.15, 0.2) is 30.7 Å². The smallest absolute Gasteiger partial charge is 0.404 e. The molecule has 0 saturated heterocycles. The van der Waals surface area contributed by atoms with Crippen molar-refractivity contribution in [3.8, 4) is 5.75 Å². The van der Waals surface area contributed by atoms with Gasteiger partial charge in [-0.15, -0.1) is 0 Å². The van der Waals surface area contributed by atoms with Crippen LogP contribution in [-0.2, 0) is 4.57 Å². The molecule has 1 heterocycles. The molecule has 2 aromatic rings. The molecule has 0 spiro atoms. The van der Waals surface area contributed by atoms with Gasteiger partial charge in [-0.25, -0.2) is 14.5 Å². The largest absolute Gasteiger partial charge is 0.524 e. The van der Waals surface area contributed by atoms with Crippen molar-refractivity contribution in [3.63, 3.8) is 0 Å². The molecule has 0 atom stereocenters. The van der Waals surface area contributed by atoms with Crippen molar-refractivity contribution in [2.45, 2.75) is 0 Å². The molecule has 0 amide bonds. The van der Waals surface area contributed by atoms with Crippen LogP contribution in [0.5, 0.6) is 5.75 Å². The van der Waals surface area contributed by atoms with Crippen LogP contribution in [-0.4, -0.2) is 19.8 Å². The van der Waals surface area contributed by atoms with E-state index in [9.17, 15) is 4.57 Å². The third-order valence-corrected chi connectivity index (χ3v) is 2.15. The summed E-state index contributed by atoms with van der Waals surface area (Å²) in [5.41, 5.74) is 0.683. The highest BCUT2D eigenvalue weighted by Gasteiger charge is 2.15. The van der Waals surface area contributed by atoms with E-state index in [4.69, 9.17) is 9.79 Å². The van der Waals surface area contributed by atoms with Gasteiger partial charge in [-0.05, 0) is 18.2 Å². The summed E-state index contributed by atoms with van der Waals surface area (Å²) >= 11 is 0. The minimum Gasteiger partial charge on any atom is -0.404 e. The molecule has 1 aromatic heterocycles. The molecule has 0 aliphatic rings. The third kappa shape index (κ3) is 2.50. The first-order valence-corrected chi connectivity index (χ1v) is 5.52. The fourth-order valence-electron chi connectivity index (χ4n) is 1.16. The lowest BCUT2D eigenvalue weighted by Crippen LogP contribution is -1.90. The molecule has 2 N–H and O–H groups in total. The number of phosphoric acid groups is 1. The molecule has 0 radical (unpaired) electrons. The van der Waals surface area contributed by atoms with Crippen molar-refractivity contribution in [1.29, 1.82) is 0 Å². The normalized spacial score (nSPS) is 11.6. The summed E-state index contributed by atoms with van der Waals surface area (Å²) in [6, 6.07) is 4.50. The standard InChI is InChI=1S/C8H7N2O4P/c11-15(12,13)14-7-1-2-8-6(3-7)4-9-5-10-8/h1-5H,(H2,11,12,13). The Morgan fingerprint density at radius 3 is 2.87 bits per heavy atom. The van der Waals surface area contributed by atoms with E-state index in [-0.39, 0.29) is 5.75 Å². The van der Waals surface area contributed by atoms with E-state index in [1.807, 2.05) is 0 Å². The van der Waals surface area contributed by atoms with Crippen molar-refractivity contribution >= 4 is 18.7 Å². The summed E-state index contributed by atoms with van der Waals surface area (Å²) in [6.07, 6.45) is 2.93. The SMILES string of the molecule is O=P(O)(O)Oc1ccc2ncncc2c1. The fraction of sp³-hybridized carbons (Fsp3) is 0. The molecule has 2 rings (SSSR count). The molecule has 6 nitrogen and oxygen atoms in total. The Labute approximate surface area is 84.8 Å². The molecular weight excluding hydrogens is 219 g/mol. The maximum atomic E-state index is 10.6. The first-order valence-electron chi connectivity index (χ1n) is 3.99. The molecule has 0 aliphatic carbocycles. The van der Waals surface area contributed by atoms with Crippen LogP contribution in [0.4, 0.5) is 0 Å². The van der Waals surface area contributed by atoms with Crippen LogP contribution in [0.25, 0.3) is 10.9 Å². The molecule has 0 fully saturated rings. The van der Waals surface area contributed by atoms with Gasteiger partial charge in [0.2, 0.25) is 0 Å². The Balaban J connectivity index is 2.43. The van der Waals surface area contributed by atoms with Gasteiger partial charge in [0.15, 0.2) is 0 Å². The van der Waals surface area contributed by atoms with Crippen molar-refractivity contribution in [1.82, 2.24) is 9.97 Å². The molecule has 7 heteroatoms. The van der Waals surface area contributed by atoms with Crippen LogP contribution in [0, 0.1) is 0 Å². The van der Waals surface area contributed by atoms with E-state index < -0.39 is 7.82 Å². The number of hydrogen-bond acceptors (Lipinski definition) is 4. The van der Waals surface area contributed by atoms with Gasteiger partial charge in [-0.1, -0.05) is 0 Å². The average Bonchev–Trinajstić information content (AvgIpc) is 2.15. The lowest BCUT2D eigenvalue weighted by Gasteiger charge is -2.06. The lowest BCUT2D eigenvalue weighted by atomic mass is 10.2. The Morgan fingerprint density at radius 2 is 2.13 bits per heavy atom. The van der Waals surface area contributed by atoms with E-state index in [1.54, 1.807) is 6.07 Å². The van der Waals surface area contributed by atoms with Gasteiger partial charge in [0, 0.05) is 11.6 Å². The zero-order valence-electron chi connectivity index (χ0n) is 7.44. The van der Waals surface area contributed by atoms with E-state index in [0.717, 1.165) is 0 Å². The Bertz CT molecular complexity index is 539. The Kier molecular flexibility index (Phi) is 2.40. The Morgan fingerprint density at radius 1 is 1.33 bits per heavy atom. The molecule has 0 bridgehead atoms. The van der Waals surface area contributed by atoms with Gasteiger partial charge in [0.1, 0.15) is 12.1 Å². The highest BCUT2D eigenvalue weighted by atomic mass is 31.2. The molecule has 0 saturated carbocycles. The van der Waals surface area contributed by atoms with Crippen molar-refractivity contribution in [2.75, 3.05) is 0 Å². The molecule has 78 valence electrons. The average molecular weight is 226 g/mol. The van der Waals surface area contributed by atoms with E-state index >= 15 is 0 Å². The molecule has 15 heavy (non-hydrogen) atoms. The van der Waals surface area contributed by atoms with Crippen LogP contribution >= 0.6 is 7.82 Å². The van der Waals surface area contributed by atoms with Crippen molar-refractivity contribution in [2.24, 2.45) is 0 Å². The van der Waals surface area contributed by atoms with E-state index in [0.29, 0.717) is 10.9 Å². The summed E-state index contributed by atoms with van der Waals surface area (Å²) in [5.74, 6) is 0.0885. The van der Waals surface area contributed by atoms with Gasteiger partial charge in [0.05, 0.1) is 5.52 Å². The van der Waals surface area contributed by atoms with Crippen LogP contribution in [0.2, 0.25) is 0 Å². The van der Waals surface area contributed by atoms with Crippen molar-refractivity contribution < 1.29 is 18.9 Å². The highest BCUT2D eigenvalue weighted by Crippen LogP contribution is 2.38. The van der Waals surface area contributed by atoms with Gasteiger partial charge >= 0.3 is 7.82 Å². The number of benzene rings is 1. The minimum atomic E-state index is -4.51. The number of rotatable bonds is 2. The molecule has 0 aliphatic heterocycles. The second-order valence-corrected chi connectivity index (χ2v) is 3.99. The van der Waals surface area contributed by atoms with E-state index in [1.165, 1.54) is 24.7 Å². The summed E-state index contributed by atoms with van der Waals surface area (Å²) in [7, 11) is -4.51. The third-order valence-electron chi connectivity index (χ3n) is 1.70. The zero-order chi connectivity index (χ0) is 10.9. The summed E-state index contributed by atoms with van der Waals surface area (Å²) in [4.78, 5) is 24.9. The lowest BCUT2D eigenvalue weighted by molar-refractivity contribution is 0.283. The van der Waals surface area contributed by atoms with Gasteiger partial charge in [-0.3, -0.25) is 9.79 Å². The number of phosphoric ester groups is 1. The van der Waals surface area contributed by atoms with Gasteiger partial charge < -0.3 is 4.52 Å². The second-order valence-electron chi connectivity index (χ2n) is 2.83. The first-order chi connectivity index (χ1) is 7.04. The molecule has 1 aromatic carbocycles. The number of fused-ring (bicyclic) bond motifs is 1. The highest BCUT2D eigenvalue weighted by molar-refractivity contribution is 7.46. The summed E-state index contributed by atoms with van der Waals surface area (Å²) in [5, 5.41) is 0.656. The maximum absolute atomic E-state index is 10.6. The fourth-order valence-corrected chi connectivity index (χ4v) is 1.55. The van der Waals surface area contributed by atoms with E-state index in [2.05, 4.69) is 14.5 Å². The van der Waals surface area contributed by atoms with Gasteiger partial charge in [0.25, 0.3) is 0 Å². The van der Waals surface area contributed by atoms with Crippen LogP contribution < -0.4 is 4.52 Å². The van der Waals surface area contributed by atoms with Gasteiger partial charge in [-0.2, -0.15) is 0 Å². The maximum Gasteiger partial charge on any atom is 0.524 e. The zero-order valence-corrected chi connectivity index (χ0v) is 8.33. The number of nitrogens with zero attached hydrogens (tertiary/aromatic N) is 2. The number of hydrogen-bond donors (Lipinski definition) is 2. The quantitative estimate of drug-likeness (QED) is 0.745. The molecule has 0 unspecified atom stereocenters. The van der Waals surface area contributed by atoms with Crippen LogP contribution in [0.1, 0.15) is 0 Å². The Hall–Kier alpha value is -1.49. The number of aromatic nitrogens is 2. The predicted octanol–water partition coefficient (Wildman–Crippen LogP) is 1.10. The monoisotopic (exact) mass is 226 g/mol. The second kappa shape index (κ2) is 3.58. The minimum absolute atomic E-state index is 0.0885. The summed E-state index contributed by atoms with van der Waals surface area (Å²) < 4.78 is 15.0.